The van der Waals surface area contributed by atoms with E-state index in [0.29, 0.717) is 4.88 Å². The van der Waals surface area contributed by atoms with Crippen LogP contribution < -0.4 is 0 Å². The molecule has 0 fully saturated rings. The molecule has 0 saturated heterocycles. The number of hydrogen-bond acceptors (Lipinski definition) is 5. The van der Waals surface area contributed by atoms with Crippen LogP contribution in [0.25, 0.3) is 0 Å². The zero-order chi connectivity index (χ0) is 13.1. The van der Waals surface area contributed by atoms with Crippen molar-refractivity contribution >= 4 is 18.9 Å². The first kappa shape index (κ1) is 14.9. The summed E-state index contributed by atoms with van der Waals surface area (Å²) in [5, 5.41) is 11.9. The Bertz CT molecular complexity index is 361. The molecule has 4 nitrogen and oxygen atoms in total. The van der Waals surface area contributed by atoms with E-state index in [0.717, 1.165) is 0 Å². The minimum absolute atomic E-state index is 0.269. The molecule has 1 aromatic heterocycles. The highest BCUT2D eigenvalue weighted by Crippen LogP contribution is 2.61. The first-order valence-corrected chi connectivity index (χ1v) is 8.02. The van der Waals surface area contributed by atoms with Gasteiger partial charge in [0.15, 0.2) is 5.85 Å². The Morgan fingerprint density at radius 1 is 1.24 bits per heavy atom. The molecule has 98 valence electrons. The van der Waals surface area contributed by atoms with Crippen molar-refractivity contribution in [1.82, 2.24) is 0 Å². The molecule has 0 saturated carbocycles. The molecule has 0 aliphatic heterocycles. The van der Waals surface area contributed by atoms with Crippen LogP contribution in [0.5, 0.6) is 0 Å². The van der Waals surface area contributed by atoms with Gasteiger partial charge in [0, 0.05) is 4.88 Å². The second kappa shape index (κ2) is 6.12. The van der Waals surface area contributed by atoms with Crippen LogP contribution >= 0.6 is 18.9 Å². The summed E-state index contributed by atoms with van der Waals surface area (Å²) in [5.41, 5.74) is 0. The van der Waals surface area contributed by atoms with E-state index in [1.165, 1.54) is 11.3 Å². The molecule has 1 rings (SSSR count). The molecule has 0 aliphatic rings. The molecule has 0 aromatic carbocycles. The highest BCUT2D eigenvalue weighted by Gasteiger charge is 2.38. The van der Waals surface area contributed by atoms with E-state index in [1.807, 2.05) is 5.38 Å². The molecule has 1 aromatic rings. The van der Waals surface area contributed by atoms with Gasteiger partial charge in [-0.05, 0) is 39.1 Å². The lowest BCUT2D eigenvalue weighted by Gasteiger charge is -2.26. The van der Waals surface area contributed by atoms with Crippen molar-refractivity contribution < 1.29 is 18.7 Å². The molecule has 1 unspecified atom stereocenters. The predicted octanol–water partition coefficient (Wildman–Crippen LogP) is 3.78. The Morgan fingerprint density at radius 2 is 1.76 bits per heavy atom. The number of aliphatic hydroxyl groups excluding tert-OH is 1. The van der Waals surface area contributed by atoms with Gasteiger partial charge < -0.3 is 14.2 Å². The third-order valence-corrected chi connectivity index (χ3v) is 5.22. The van der Waals surface area contributed by atoms with E-state index in [-0.39, 0.29) is 12.2 Å². The Labute approximate surface area is 106 Å². The minimum atomic E-state index is -3.55. The SMILES string of the molecule is CC(C)OP(=O)(OC(C)C)C(O)c1cccs1. The van der Waals surface area contributed by atoms with E-state index >= 15 is 0 Å². The van der Waals surface area contributed by atoms with Gasteiger partial charge in [-0.3, -0.25) is 4.57 Å². The van der Waals surface area contributed by atoms with E-state index < -0.39 is 13.4 Å². The van der Waals surface area contributed by atoms with Gasteiger partial charge in [-0.2, -0.15) is 0 Å². The third kappa shape index (κ3) is 4.19. The second-order valence-electron chi connectivity index (χ2n) is 4.24. The standard InChI is InChI=1S/C11H19O4PS/c1-8(2)14-16(13,15-9(3)4)11(12)10-6-5-7-17-10/h5-9,11-12H,1-4H3. The first-order valence-electron chi connectivity index (χ1n) is 5.53. The summed E-state index contributed by atoms with van der Waals surface area (Å²) >= 11 is 1.33. The van der Waals surface area contributed by atoms with E-state index in [2.05, 4.69) is 0 Å². The second-order valence-corrected chi connectivity index (χ2v) is 7.21. The summed E-state index contributed by atoms with van der Waals surface area (Å²) in [4.78, 5) is 0.592. The summed E-state index contributed by atoms with van der Waals surface area (Å²) in [6, 6.07) is 3.51. The molecule has 6 heteroatoms. The monoisotopic (exact) mass is 278 g/mol. The van der Waals surface area contributed by atoms with Crippen LogP contribution in [0, 0.1) is 0 Å². The molecule has 1 atom stereocenters. The maximum absolute atomic E-state index is 12.5. The van der Waals surface area contributed by atoms with Gasteiger partial charge in [-0.1, -0.05) is 6.07 Å². The van der Waals surface area contributed by atoms with E-state index in [1.54, 1.807) is 39.8 Å². The van der Waals surface area contributed by atoms with Gasteiger partial charge in [0.25, 0.3) is 0 Å². The molecule has 17 heavy (non-hydrogen) atoms. The van der Waals surface area contributed by atoms with Crippen molar-refractivity contribution in [3.8, 4) is 0 Å². The predicted molar refractivity (Wildman–Crippen MR) is 69.3 cm³/mol. The van der Waals surface area contributed by atoms with Crippen molar-refractivity contribution in [2.45, 2.75) is 45.7 Å². The van der Waals surface area contributed by atoms with Crippen LogP contribution in [0.15, 0.2) is 17.5 Å². The van der Waals surface area contributed by atoms with Crippen molar-refractivity contribution in [2.24, 2.45) is 0 Å². The van der Waals surface area contributed by atoms with Crippen LogP contribution in [0.4, 0.5) is 0 Å². The summed E-state index contributed by atoms with van der Waals surface area (Å²) in [5.74, 6) is -1.22. The zero-order valence-electron chi connectivity index (χ0n) is 10.5. The smallest absolute Gasteiger partial charge is 0.364 e. The van der Waals surface area contributed by atoms with Gasteiger partial charge in [0.05, 0.1) is 12.2 Å². The Balaban J connectivity index is 2.93. The maximum Gasteiger partial charge on any atom is 0.364 e. The molecular formula is C11H19O4PS. The highest BCUT2D eigenvalue weighted by atomic mass is 32.1. The van der Waals surface area contributed by atoms with Crippen LogP contribution in [0.3, 0.4) is 0 Å². The van der Waals surface area contributed by atoms with Gasteiger partial charge in [-0.15, -0.1) is 11.3 Å². The van der Waals surface area contributed by atoms with Crippen molar-refractivity contribution in [1.29, 1.82) is 0 Å². The van der Waals surface area contributed by atoms with Crippen LogP contribution in [0.1, 0.15) is 38.4 Å². The van der Waals surface area contributed by atoms with Gasteiger partial charge in [0.1, 0.15) is 0 Å². The first-order chi connectivity index (χ1) is 7.85. The summed E-state index contributed by atoms with van der Waals surface area (Å²) in [6.07, 6.45) is -0.539. The molecule has 0 radical (unpaired) electrons. The van der Waals surface area contributed by atoms with Gasteiger partial charge >= 0.3 is 7.60 Å². The van der Waals surface area contributed by atoms with Crippen LogP contribution in [-0.4, -0.2) is 17.3 Å². The fraction of sp³-hybridized carbons (Fsp3) is 0.636. The lowest BCUT2D eigenvalue weighted by atomic mass is 10.5. The average molecular weight is 278 g/mol. The van der Waals surface area contributed by atoms with Crippen molar-refractivity contribution in [2.75, 3.05) is 0 Å². The Morgan fingerprint density at radius 3 is 2.12 bits per heavy atom. The fourth-order valence-electron chi connectivity index (χ4n) is 1.32. The van der Waals surface area contributed by atoms with Crippen LogP contribution in [0.2, 0.25) is 0 Å². The topological polar surface area (TPSA) is 55.8 Å². The third-order valence-electron chi connectivity index (χ3n) is 1.81. The normalized spacial score (nSPS) is 14.5. The quantitative estimate of drug-likeness (QED) is 0.804. The largest absolute Gasteiger partial charge is 0.376 e. The Hall–Kier alpha value is -0.190. The fourth-order valence-corrected chi connectivity index (χ4v) is 4.34. The molecule has 0 amide bonds. The van der Waals surface area contributed by atoms with Gasteiger partial charge in [-0.25, -0.2) is 0 Å². The summed E-state index contributed by atoms with van der Waals surface area (Å²) in [7, 11) is -3.55. The number of rotatable bonds is 6. The average Bonchev–Trinajstić information content (AvgIpc) is 2.66. The van der Waals surface area contributed by atoms with E-state index in [4.69, 9.17) is 9.05 Å². The number of thiophene rings is 1. The molecule has 1 N–H and O–H groups in total. The number of hydrogen-bond donors (Lipinski definition) is 1. The zero-order valence-corrected chi connectivity index (χ0v) is 12.2. The van der Waals surface area contributed by atoms with Crippen molar-refractivity contribution in [3.05, 3.63) is 22.4 Å². The molecule has 1 heterocycles. The Kier molecular flexibility index (Phi) is 5.35. The van der Waals surface area contributed by atoms with Crippen LogP contribution in [-0.2, 0) is 13.6 Å². The minimum Gasteiger partial charge on any atom is -0.376 e. The highest BCUT2D eigenvalue weighted by molar-refractivity contribution is 7.54. The van der Waals surface area contributed by atoms with Crippen molar-refractivity contribution in [3.63, 3.8) is 0 Å². The lowest BCUT2D eigenvalue weighted by molar-refractivity contribution is 0.102. The maximum atomic E-state index is 12.5. The molecule has 0 spiro atoms. The lowest BCUT2D eigenvalue weighted by Crippen LogP contribution is -2.12. The molecule has 0 aliphatic carbocycles. The van der Waals surface area contributed by atoms with Gasteiger partial charge in [0.2, 0.25) is 0 Å². The molecular weight excluding hydrogens is 259 g/mol. The number of aliphatic hydroxyl groups is 1. The molecule has 0 bridgehead atoms. The summed E-state index contributed by atoms with van der Waals surface area (Å²) in [6.45, 7) is 7.05. The summed E-state index contributed by atoms with van der Waals surface area (Å²) < 4.78 is 23.2. The van der Waals surface area contributed by atoms with E-state index in [9.17, 15) is 9.67 Å².